The van der Waals surface area contributed by atoms with Crippen molar-refractivity contribution in [3.8, 4) is 11.4 Å². The maximum atomic E-state index is 14.1. The lowest BCUT2D eigenvalue weighted by atomic mass is 10.1. The summed E-state index contributed by atoms with van der Waals surface area (Å²) in [5.41, 5.74) is 5.94. The molecule has 1 aromatic heterocycles. The van der Waals surface area contributed by atoms with E-state index in [4.69, 9.17) is 5.73 Å². The average Bonchev–Trinajstić information content (AvgIpc) is 3.06. The maximum Gasteiger partial charge on any atom is 0.471 e. The number of halogens is 4. The Morgan fingerprint density at radius 3 is 2.64 bits per heavy atom. The van der Waals surface area contributed by atoms with E-state index in [-0.39, 0.29) is 11.7 Å². The normalized spacial score (nSPS) is 18.6. The first-order chi connectivity index (χ1) is 10.3. The van der Waals surface area contributed by atoms with Crippen LogP contribution in [0.3, 0.4) is 0 Å². The van der Waals surface area contributed by atoms with Crippen molar-refractivity contribution in [1.82, 2.24) is 10.1 Å². The quantitative estimate of drug-likeness (QED) is 0.856. The molecule has 0 aliphatic carbocycles. The van der Waals surface area contributed by atoms with Gasteiger partial charge >= 0.3 is 12.1 Å². The molecule has 5 nitrogen and oxygen atoms in total. The van der Waals surface area contributed by atoms with Gasteiger partial charge in [-0.1, -0.05) is 11.2 Å². The first-order valence-electron chi connectivity index (χ1n) is 6.02. The summed E-state index contributed by atoms with van der Waals surface area (Å²) in [4.78, 5) is 7.28. The van der Waals surface area contributed by atoms with Crippen LogP contribution in [0.5, 0.6) is 0 Å². The van der Waals surface area contributed by atoms with Crippen molar-refractivity contribution in [2.45, 2.75) is 12.3 Å². The van der Waals surface area contributed by atoms with Gasteiger partial charge in [-0.05, 0) is 12.1 Å². The zero-order valence-corrected chi connectivity index (χ0v) is 11.6. The summed E-state index contributed by atoms with van der Waals surface area (Å²) in [6, 6.07) is 3.96. The van der Waals surface area contributed by atoms with Crippen molar-refractivity contribution in [1.29, 1.82) is 0 Å². The van der Waals surface area contributed by atoms with E-state index in [1.165, 1.54) is 23.9 Å². The Labute approximate surface area is 125 Å². The van der Waals surface area contributed by atoms with E-state index in [0.717, 1.165) is 6.07 Å². The van der Waals surface area contributed by atoms with Gasteiger partial charge in [0.1, 0.15) is 12.0 Å². The predicted molar refractivity (Wildman–Crippen MR) is 71.7 cm³/mol. The Bertz CT molecular complexity index is 743. The lowest BCUT2D eigenvalue weighted by Crippen LogP contribution is -2.15. The second-order valence-corrected chi connectivity index (χ2v) is 5.44. The molecular formula is C12H8F4N4OS. The van der Waals surface area contributed by atoms with Crippen LogP contribution in [-0.2, 0) is 6.18 Å². The molecule has 10 heteroatoms. The first kappa shape index (κ1) is 15.0. The van der Waals surface area contributed by atoms with Crippen LogP contribution in [0.25, 0.3) is 11.4 Å². The standard InChI is InChI=1S/C12H8F4N4OS/c13-7-3-5(10-18-8(17)4-22-10)1-2-6(7)9-19-11(21-20-9)12(14,15)16/h1-3,8H,4,17H2. The van der Waals surface area contributed by atoms with Crippen LogP contribution < -0.4 is 5.73 Å². The molecule has 0 saturated heterocycles. The second-order valence-electron chi connectivity index (χ2n) is 4.43. The lowest BCUT2D eigenvalue weighted by molar-refractivity contribution is -0.159. The van der Waals surface area contributed by atoms with Crippen LogP contribution in [0.4, 0.5) is 17.6 Å². The molecule has 0 amide bonds. The number of benzene rings is 1. The molecular weight excluding hydrogens is 324 g/mol. The number of rotatable bonds is 2. The molecule has 2 heterocycles. The van der Waals surface area contributed by atoms with Crippen LogP contribution in [0.15, 0.2) is 27.7 Å². The molecule has 1 aliphatic heterocycles. The summed E-state index contributed by atoms with van der Waals surface area (Å²) in [7, 11) is 0. The van der Waals surface area contributed by atoms with Crippen molar-refractivity contribution < 1.29 is 22.1 Å². The van der Waals surface area contributed by atoms with Crippen molar-refractivity contribution in [2.75, 3.05) is 5.75 Å². The van der Waals surface area contributed by atoms with Gasteiger partial charge in [0.05, 0.1) is 10.6 Å². The fraction of sp³-hybridized carbons (Fsp3) is 0.250. The number of hydrogen-bond donors (Lipinski definition) is 1. The molecule has 2 N–H and O–H groups in total. The van der Waals surface area contributed by atoms with Crippen LogP contribution in [-0.4, -0.2) is 27.1 Å². The van der Waals surface area contributed by atoms with E-state index in [9.17, 15) is 17.6 Å². The van der Waals surface area contributed by atoms with Crippen LogP contribution in [0.1, 0.15) is 11.5 Å². The predicted octanol–water partition coefficient (Wildman–Crippen LogP) is 2.67. The summed E-state index contributed by atoms with van der Waals surface area (Å²) in [6.45, 7) is 0. The fourth-order valence-corrected chi connectivity index (χ4v) is 2.73. The van der Waals surface area contributed by atoms with Gasteiger partial charge in [0.2, 0.25) is 5.82 Å². The Morgan fingerprint density at radius 1 is 1.32 bits per heavy atom. The lowest BCUT2D eigenvalue weighted by Gasteiger charge is -2.03. The molecule has 3 rings (SSSR count). The first-order valence-corrected chi connectivity index (χ1v) is 7.00. The van der Waals surface area contributed by atoms with Crippen molar-refractivity contribution >= 4 is 16.8 Å². The largest absolute Gasteiger partial charge is 0.471 e. The number of nitrogens with zero attached hydrogens (tertiary/aromatic N) is 3. The Kier molecular flexibility index (Phi) is 3.65. The molecule has 0 radical (unpaired) electrons. The molecule has 1 aliphatic rings. The molecule has 2 aromatic rings. The number of hydrogen-bond acceptors (Lipinski definition) is 6. The van der Waals surface area contributed by atoms with Crippen LogP contribution in [0.2, 0.25) is 0 Å². The second kappa shape index (κ2) is 5.36. The van der Waals surface area contributed by atoms with Gasteiger partial charge in [0.15, 0.2) is 0 Å². The van der Waals surface area contributed by atoms with E-state index in [1.807, 2.05) is 0 Å². The van der Waals surface area contributed by atoms with Crippen molar-refractivity contribution in [3.05, 3.63) is 35.5 Å². The molecule has 1 aromatic carbocycles. The molecule has 1 atom stereocenters. The zero-order valence-electron chi connectivity index (χ0n) is 10.8. The average molecular weight is 332 g/mol. The zero-order chi connectivity index (χ0) is 15.9. The van der Waals surface area contributed by atoms with Crippen molar-refractivity contribution in [3.63, 3.8) is 0 Å². The Balaban J connectivity index is 1.93. The highest BCUT2D eigenvalue weighted by molar-refractivity contribution is 8.14. The SMILES string of the molecule is NC1CSC(c2ccc(-c3noc(C(F)(F)F)n3)c(F)c2)=N1. The van der Waals surface area contributed by atoms with E-state index in [2.05, 4.69) is 19.7 Å². The monoisotopic (exact) mass is 332 g/mol. The highest BCUT2D eigenvalue weighted by Crippen LogP contribution is 2.31. The number of aliphatic imine (C=N–C) groups is 1. The third-order valence-electron chi connectivity index (χ3n) is 2.80. The van der Waals surface area contributed by atoms with Crippen LogP contribution >= 0.6 is 11.8 Å². The summed E-state index contributed by atoms with van der Waals surface area (Å²) in [5, 5.41) is 3.74. The molecule has 116 valence electrons. The van der Waals surface area contributed by atoms with Gasteiger partial charge in [-0.25, -0.2) is 4.39 Å². The minimum absolute atomic E-state index is 0.184. The number of alkyl halides is 3. The minimum Gasteiger partial charge on any atom is -0.329 e. The molecule has 22 heavy (non-hydrogen) atoms. The number of thioether (sulfide) groups is 1. The van der Waals surface area contributed by atoms with E-state index < -0.39 is 23.7 Å². The highest BCUT2D eigenvalue weighted by atomic mass is 32.2. The van der Waals surface area contributed by atoms with Gasteiger partial charge in [0, 0.05) is 11.3 Å². The molecule has 1 unspecified atom stereocenters. The van der Waals surface area contributed by atoms with E-state index in [0.29, 0.717) is 16.4 Å². The summed E-state index contributed by atoms with van der Waals surface area (Å²) in [5.74, 6) is -2.16. The van der Waals surface area contributed by atoms with E-state index >= 15 is 0 Å². The molecule has 0 fully saturated rings. The van der Waals surface area contributed by atoms with Crippen LogP contribution in [0, 0.1) is 5.82 Å². The van der Waals surface area contributed by atoms with Gasteiger partial charge < -0.3 is 10.3 Å². The van der Waals surface area contributed by atoms with Gasteiger partial charge in [-0.2, -0.15) is 18.2 Å². The Hall–Kier alpha value is -1.94. The topological polar surface area (TPSA) is 77.3 Å². The summed E-state index contributed by atoms with van der Waals surface area (Å²) >= 11 is 1.38. The highest BCUT2D eigenvalue weighted by Gasteiger charge is 2.38. The van der Waals surface area contributed by atoms with E-state index in [1.54, 1.807) is 0 Å². The smallest absolute Gasteiger partial charge is 0.329 e. The van der Waals surface area contributed by atoms with Gasteiger partial charge in [-0.15, -0.1) is 11.8 Å². The Morgan fingerprint density at radius 2 is 2.09 bits per heavy atom. The third-order valence-corrected chi connectivity index (χ3v) is 3.92. The van der Waals surface area contributed by atoms with Gasteiger partial charge in [-0.3, -0.25) is 4.99 Å². The number of aromatic nitrogens is 2. The fourth-order valence-electron chi connectivity index (χ4n) is 1.82. The minimum atomic E-state index is -4.77. The summed E-state index contributed by atoms with van der Waals surface area (Å²) < 4.78 is 55.4. The van der Waals surface area contributed by atoms with Gasteiger partial charge in [0.25, 0.3) is 0 Å². The maximum absolute atomic E-state index is 14.1. The molecule has 0 bridgehead atoms. The summed E-state index contributed by atoms with van der Waals surface area (Å²) in [6.07, 6.45) is -5.11. The molecule has 0 saturated carbocycles. The van der Waals surface area contributed by atoms with Crippen molar-refractivity contribution in [2.24, 2.45) is 10.7 Å². The molecule has 0 spiro atoms. The number of nitrogens with two attached hydrogens (primary N) is 1. The third kappa shape index (κ3) is 2.83.